The van der Waals surface area contributed by atoms with Crippen LogP contribution in [0.2, 0.25) is 0 Å². The zero-order chi connectivity index (χ0) is 19.2. The Morgan fingerprint density at radius 1 is 1.19 bits per heavy atom. The van der Waals surface area contributed by atoms with E-state index < -0.39 is 35.6 Å². The van der Waals surface area contributed by atoms with Gasteiger partial charge in [0, 0.05) is 0 Å². The molecule has 0 aliphatic carbocycles. The van der Waals surface area contributed by atoms with Gasteiger partial charge in [-0.25, -0.2) is 9.18 Å². The number of nitrogens with one attached hydrogen (secondary N) is 1. The Balaban J connectivity index is 1.60. The van der Waals surface area contributed by atoms with Crippen molar-refractivity contribution < 1.29 is 28.2 Å². The number of halogens is 1. The molecule has 2 aliphatic heterocycles. The van der Waals surface area contributed by atoms with E-state index in [9.17, 15) is 18.8 Å². The lowest BCUT2D eigenvalue weighted by Gasteiger charge is -2.22. The Labute approximate surface area is 153 Å². The minimum Gasteiger partial charge on any atom is -0.454 e. The van der Waals surface area contributed by atoms with Crippen LogP contribution in [0.1, 0.15) is 22.8 Å². The van der Waals surface area contributed by atoms with Crippen LogP contribution in [0.3, 0.4) is 0 Å². The Hall–Kier alpha value is -3.42. The van der Waals surface area contributed by atoms with E-state index in [1.807, 2.05) is 0 Å². The van der Waals surface area contributed by atoms with Crippen LogP contribution >= 0.6 is 0 Å². The van der Waals surface area contributed by atoms with E-state index >= 15 is 0 Å². The predicted octanol–water partition coefficient (Wildman–Crippen LogP) is 2.20. The molecule has 4 rings (SSSR count). The van der Waals surface area contributed by atoms with Crippen molar-refractivity contribution in [2.45, 2.75) is 12.5 Å². The average molecular weight is 370 g/mol. The van der Waals surface area contributed by atoms with Gasteiger partial charge in [0.15, 0.2) is 17.3 Å². The van der Waals surface area contributed by atoms with Crippen molar-refractivity contribution >= 4 is 17.7 Å². The molecule has 0 aromatic heterocycles. The lowest BCUT2D eigenvalue weighted by molar-refractivity contribution is -0.130. The second-order valence-corrected chi connectivity index (χ2v) is 6.42. The molecule has 8 heteroatoms. The van der Waals surface area contributed by atoms with Crippen LogP contribution in [-0.2, 0) is 10.3 Å². The molecule has 2 aromatic rings. The normalized spacial score (nSPS) is 20.7. The van der Waals surface area contributed by atoms with Gasteiger partial charge in [-0.2, -0.15) is 0 Å². The van der Waals surface area contributed by atoms with Crippen molar-refractivity contribution in [2.24, 2.45) is 0 Å². The molecule has 0 radical (unpaired) electrons. The monoisotopic (exact) mass is 370 g/mol. The summed E-state index contributed by atoms with van der Waals surface area (Å²) < 4.78 is 24.4. The topological polar surface area (TPSA) is 84.9 Å². The summed E-state index contributed by atoms with van der Waals surface area (Å²) in [6.07, 6.45) is 0. The van der Waals surface area contributed by atoms with Gasteiger partial charge in [0.05, 0.1) is 12.1 Å². The number of carbonyl (C=O) groups is 3. The van der Waals surface area contributed by atoms with E-state index in [-0.39, 0.29) is 12.4 Å². The maximum absolute atomic E-state index is 13.8. The number of amides is 3. The second kappa shape index (κ2) is 6.08. The van der Waals surface area contributed by atoms with Crippen molar-refractivity contribution in [3.63, 3.8) is 0 Å². The molecule has 1 saturated heterocycles. The van der Waals surface area contributed by atoms with Gasteiger partial charge in [0.2, 0.25) is 6.79 Å². The van der Waals surface area contributed by atoms with E-state index in [1.54, 1.807) is 25.1 Å². The summed E-state index contributed by atoms with van der Waals surface area (Å²) in [5.74, 6) is -0.946. The number of ketones is 1. The largest absolute Gasteiger partial charge is 0.454 e. The van der Waals surface area contributed by atoms with E-state index in [4.69, 9.17) is 9.47 Å². The molecule has 138 valence electrons. The lowest BCUT2D eigenvalue weighted by Crippen LogP contribution is -2.41. The highest BCUT2D eigenvalue weighted by Gasteiger charge is 2.50. The minimum absolute atomic E-state index is 0.0824. The van der Waals surface area contributed by atoms with Gasteiger partial charge in [0.1, 0.15) is 11.4 Å². The quantitative estimate of drug-likeness (QED) is 0.659. The van der Waals surface area contributed by atoms with Gasteiger partial charge in [-0.05, 0) is 36.8 Å². The Morgan fingerprint density at radius 2 is 1.93 bits per heavy atom. The first-order valence-corrected chi connectivity index (χ1v) is 8.22. The van der Waals surface area contributed by atoms with Crippen molar-refractivity contribution in [1.82, 2.24) is 10.2 Å². The van der Waals surface area contributed by atoms with Gasteiger partial charge in [-0.3, -0.25) is 14.5 Å². The molecule has 2 aromatic carbocycles. The van der Waals surface area contributed by atoms with Crippen LogP contribution in [-0.4, -0.2) is 36.0 Å². The first-order chi connectivity index (χ1) is 12.9. The number of fused-ring (bicyclic) bond motifs is 1. The fourth-order valence-corrected chi connectivity index (χ4v) is 3.16. The summed E-state index contributed by atoms with van der Waals surface area (Å²) in [5.41, 5.74) is -1.05. The van der Waals surface area contributed by atoms with E-state index in [0.29, 0.717) is 17.1 Å². The third-order valence-electron chi connectivity index (χ3n) is 4.70. The third kappa shape index (κ3) is 2.69. The molecular weight excluding hydrogens is 355 g/mol. The fraction of sp³-hybridized carbons (Fsp3) is 0.211. The Bertz CT molecular complexity index is 976. The van der Waals surface area contributed by atoms with E-state index in [0.717, 1.165) is 11.0 Å². The molecule has 1 N–H and O–H groups in total. The fourth-order valence-electron chi connectivity index (χ4n) is 3.16. The molecule has 7 nitrogen and oxygen atoms in total. The molecule has 3 amide bonds. The molecule has 2 heterocycles. The maximum atomic E-state index is 13.8. The molecule has 1 fully saturated rings. The van der Waals surface area contributed by atoms with Crippen LogP contribution in [0.5, 0.6) is 11.5 Å². The average Bonchev–Trinajstić information content (AvgIpc) is 3.20. The number of imide groups is 1. The first kappa shape index (κ1) is 17.0. The Kier molecular flexibility index (Phi) is 3.83. The number of urea groups is 1. The summed E-state index contributed by atoms with van der Waals surface area (Å²) in [5, 5.41) is 2.60. The highest BCUT2D eigenvalue weighted by molar-refractivity contribution is 6.11. The molecule has 1 unspecified atom stereocenters. The van der Waals surface area contributed by atoms with Crippen LogP contribution in [0.25, 0.3) is 0 Å². The summed E-state index contributed by atoms with van der Waals surface area (Å²) in [7, 11) is 0. The standard InChI is InChI=1S/C19H15FN2O5/c1-19(11-6-7-15-16(8-11)27-10-26-15)17(24)22(18(25)21-19)9-14(23)12-4-2-3-5-13(12)20/h2-8H,9-10H2,1H3,(H,21,25). The van der Waals surface area contributed by atoms with Crippen molar-refractivity contribution in [2.75, 3.05) is 13.3 Å². The number of benzene rings is 2. The number of ether oxygens (including phenoxy) is 2. The van der Waals surface area contributed by atoms with Crippen molar-refractivity contribution in [1.29, 1.82) is 0 Å². The van der Waals surface area contributed by atoms with Gasteiger partial charge in [-0.1, -0.05) is 18.2 Å². The molecule has 2 aliphatic rings. The maximum Gasteiger partial charge on any atom is 0.325 e. The number of rotatable bonds is 4. The third-order valence-corrected chi connectivity index (χ3v) is 4.70. The molecule has 0 bridgehead atoms. The summed E-state index contributed by atoms with van der Waals surface area (Å²) in [6, 6.07) is 9.62. The van der Waals surface area contributed by atoms with E-state index in [1.165, 1.54) is 18.2 Å². The SMILES string of the molecule is CC1(c2ccc3c(c2)OCO3)NC(=O)N(CC(=O)c2ccccc2F)C1=O. The van der Waals surface area contributed by atoms with Crippen molar-refractivity contribution in [3.05, 3.63) is 59.4 Å². The summed E-state index contributed by atoms with van der Waals surface area (Å²) in [4.78, 5) is 38.4. The smallest absolute Gasteiger partial charge is 0.325 e. The highest BCUT2D eigenvalue weighted by Crippen LogP contribution is 2.37. The summed E-state index contributed by atoms with van der Waals surface area (Å²) in [6.45, 7) is 1.07. The minimum atomic E-state index is -1.37. The van der Waals surface area contributed by atoms with Gasteiger partial charge >= 0.3 is 6.03 Å². The number of Topliss-reactive ketones (excluding diaryl/α,β-unsaturated/α-hetero) is 1. The predicted molar refractivity (Wildman–Crippen MR) is 90.9 cm³/mol. The van der Waals surface area contributed by atoms with Crippen LogP contribution in [0.15, 0.2) is 42.5 Å². The summed E-state index contributed by atoms with van der Waals surface area (Å²) >= 11 is 0. The van der Waals surface area contributed by atoms with Gasteiger partial charge < -0.3 is 14.8 Å². The van der Waals surface area contributed by atoms with E-state index in [2.05, 4.69) is 5.32 Å². The Morgan fingerprint density at radius 3 is 2.70 bits per heavy atom. The number of hydrogen-bond donors (Lipinski definition) is 1. The van der Waals surface area contributed by atoms with Crippen LogP contribution in [0.4, 0.5) is 9.18 Å². The molecule has 0 spiro atoms. The number of hydrogen-bond acceptors (Lipinski definition) is 5. The highest BCUT2D eigenvalue weighted by atomic mass is 19.1. The van der Waals surface area contributed by atoms with Crippen molar-refractivity contribution in [3.8, 4) is 11.5 Å². The van der Waals surface area contributed by atoms with Gasteiger partial charge in [0.25, 0.3) is 5.91 Å². The molecular formula is C19H15FN2O5. The molecule has 0 saturated carbocycles. The first-order valence-electron chi connectivity index (χ1n) is 8.22. The second-order valence-electron chi connectivity index (χ2n) is 6.42. The lowest BCUT2D eigenvalue weighted by atomic mass is 9.91. The molecule has 27 heavy (non-hydrogen) atoms. The number of nitrogens with zero attached hydrogens (tertiary/aromatic N) is 1. The number of carbonyl (C=O) groups excluding carboxylic acids is 3. The molecule has 1 atom stereocenters. The van der Waals surface area contributed by atoms with Crippen LogP contribution in [0, 0.1) is 5.82 Å². The van der Waals surface area contributed by atoms with Crippen LogP contribution < -0.4 is 14.8 Å². The van der Waals surface area contributed by atoms with Gasteiger partial charge in [-0.15, -0.1) is 0 Å². The zero-order valence-electron chi connectivity index (χ0n) is 14.3. The zero-order valence-corrected chi connectivity index (χ0v) is 14.3.